The molecule has 0 atom stereocenters. The Morgan fingerprint density at radius 1 is 1.08 bits per heavy atom. The lowest BCUT2D eigenvalue weighted by Crippen LogP contribution is -2.21. The zero-order valence-corrected chi connectivity index (χ0v) is 11.9. The smallest absolute Gasteiger partial charge is 0.272 e. The molecule has 0 bridgehead atoms. The van der Waals surface area contributed by atoms with Crippen molar-refractivity contribution >= 4 is 21.9 Å². The minimum Gasteiger partial charge on any atom is -0.272 e. The van der Waals surface area contributed by atoms with Crippen molar-refractivity contribution in [3.05, 3.63) is 58.9 Å². The molecule has 0 aliphatic rings. The van der Waals surface area contributed by atoms with Crippen LogP contribution in [0.3, 0.4) is 0 Å². The number of nitrogens with zero attached hydrogens (tertiary/aromatic N) is 4. The molecule has 0 radical (unpaired) electrons. The predicted molar refractivity (Wildman–Crippen MR) is 79.8 cm³/mol. The number of pyridine rings is 3. The van der Waals surface area contributed by atoms with Crippen LogP contribution >= 0.6 is 0 Å². The summed E-state index contributed by atoms with van der Waals surface area (Å²) >= 11 is 0. The fourth-order valence-electron chi connectivity index (χ4n) is 2.57. The maximum atomic E-state index is 13.0. The second-order valence-electron chi connectivity index (χ2n) is 5.08. The molecule has 0 aliphatic heterocycles. The summed E-state index contributed by atoms with van der Waals surface area (Å²) in [5.74, 6) is 0. The van der Waals surface area contributed by atoms with Gasteiger partial charge in [0.1, 0.15) is 16.9 Å². The van der Waals surface area contributed by atoms with Gasteiger partial charge in [-0.05, 0) is 24.3 Å². The highest BCUT2D eigenvalue weighted by Gasteiger charge is 2.33. The van der Waals surface area contributed by atoms with Crippen LogP contribution in [0.5, 0.6) is 0 Å². The Kier molecular flexibility index (Phi) is 2.92. The van der Waals surface area contributed by atoms with Gasteiger partial charge in [-0.15, -0.1) is 0 Å². The zero-order chi connectivity index (χ0) is 16.9. The van der Waals surface area contributed by atoms with E-state index in [9.17, 15) is 18.0 Å². The largest absolute Gasteiger partial charge is 0.433 e. The fraction of sp³-hybridized carbons (Fsp3) is 0.0667. The van der Waals surface area contributed by atoms with E-state index in [1.165, 1.54) is 24.7 Å². The molecule has 0 aliphatic carbocycles. The molecule has 4 rings (SSSR count). The van der Waals surface area contributed by atoms with Crippen molar-refractivity contribution < 1.29 is 13.2 Å². The molecule has 1 N–H and O–H groups in total. The van der Waals surface area contributed by atoms with Crippen LogP contribution in [0.4, 0.5) is 13.2 Å². The van der Waals surface area contributed by atoms with Crippen molar-refractivity contribution in [1.82, 2.24) is 24.7 Å². The molecule has 24 heavy (non-hydrogen) atoms. The molecule has 0 fully saturated rings. The van der Waals surface area contributed by atoms with E-state index >= 15 is 0 Å². The summed E-state index contributed by atoms with van der Waals surface area (Å²) in [6, 6.07) is 5.32. The molecule has 4 heterocycles. The predicted octanol–water partition coefficient (Wildman–Crippen LogP) is 2.68. The monoisotopic (exact) mass is 331 g/mol. The lowest BCUT2D eigenvalue weighted by molar-refractivity contribution is -0.141. The van der Waals surface area contributed by atoms with E-state index in [4.69, 9.17) is 0 Å². The molecule has 0 saturated carbocycles. The lowest BCUT2D eigenvalue weighted by atomic mass is 10.1. The highest BCUT2D eigenvalue weighted by atomic mass is 19.4. The summed E-state index contributed by atoms with van der Waals surface area (Å²) in [6.45, 7) is 0. The van der Waals surface area contributed by atoms with E-state index in [0.717, 1.165) is 10.6 Å². The number of hydrogen-bond acceptors (Lipinski definition) is 4. The maximum Gasteiger partial charge on any atom is 0.433 e. The first-order chi connectivity index (χ1) is 11.5. The van der Waals surface area contributed by atoms with Gasteiger partial charge in [-0.3, -0.25) is 19.4 Å². The van der Waals surface area contributed by atoms with Crippen LogP contribution < -0.4 is 5.56 Å². The first kappa shape index (κ1) is 14.4. The van der Waals surface area contributed by atoms with Gasteiger partial charge >= 0.3 is 6.18 Å². The summed E-state index contributed by atoms with van der Waals surface area (Å²) in [4.78, 5) is 20.3. The summed E-state index contributed by atoms with van der Waals surface area (Å²) in [7, 11) is 0. The van der Waals surface area contributed by atoms with Gasteiger partial charge in [-0.25, -0.2) is 4.98 Å². The van der Waals surface area contributed by atoms with E-state index in [2.05, 4.69) is 20.2 Å². The third kappa shape index (κ3) is 2.05. The van der Waals surface area contributed by atoms with Gasteiger partial charge in [0.05, 0.1) is 18.1 Å². The highest BCUT2D eigenvalue weighted by molar-refractivity contribution is 6.03. The van der Waals surface area contributed by atoms with E-state index in [0.29, 0.717) is 16.5 Å². The van der Waals surface area contributed by atoms with Crippen molar-refractivity contribution in [3.8, 4) is 5.69 Å². The molecule has 0 unspecified atom stereocenters. The molecule has 4 aromatic heterocycles. The first-order valence-corrected chi connectivity index (χ1v) is 6.83. The molecule has 6 nitrogen and oxygen atoms in total. The Labute approximate surface area is 131 Å². The molecular weight excluding hydrogens is 323 g/mol. The van der Waals surface area contributed by atoms with Gasteiger partial charge < -0.3 is 0 Å². The molecule has 0 spiro atoms. The van der Waals surface area contributed by atoms with Crippen LogP contribution in [0.2, 0.25) is 0 Å². The second-order valence-corrected chi connectivity index (χ2v) is 5.08. The van der Waals surface area contributed by atoms with Crippen LogP contribution in [-0.4, -0.2) is 24.7 Å². The molecule has 120 valence electrons. The molecule has 9 heteroatoms. The van der Waals surface area contributed by atoms with Crippen LogP contribution in [0.15, 0.2) is 47.7 Å². The average molecular weight is 331 g/mol. The molecule has 0 amide bonds. The molecule has 0 aromatic carbocycles. The minimum atomic E-state index is -4.62. The van der Waals surface area contributed by atoms with Crippen LogP contribution in [-0.2, 0) is 6.18 Å². The van der Waals surface area contributed by atoms with Crippen molar-refractivity contribution in [3.63, 3.8) is 0 Å². The van der Waals surface area contributed by atoms with E-state index in [-0.39, 0.29) is 11.2 Å². The van der Waals surface area contributed by atoms with Crippen LogP contribution in [0.1, 0.15) is 5.69 Å². The Morgan fingerprint density at radius 2 is 1.92 bits per heavy atom. The fourth-order valence-corrected chi connectivity index (χ4v) is 2.57. The second kappa shape index (κ2) is 4.88. The number of nitrogens with one attached hydrogen (secondary N) is 1. The summed E-state index contributed by atoms with van der Waals surface area (Å²) in [6.07, 6.45) is -0.345. The van der Waals surface area contributed by atoms with E-state index < -0.39 is 17.4 Å². The van der Waals surface area contributed by atoms with Gasteiger partial charge in [-0.1, -0.05) is 0 Å². The van der Waals surface area contributed by atoms with Crippen molar-refractivity contribution in [2.45, 2.75) is 6.18 Å². The normalized spacial score (nSPS) is 12.1. The Balaban J connectivity index is 2.21. The number of aromatic amines is 1. The van der Waals surface area contributed by atoms with Gasteiger partial charge in [0.25, 0.3) is 5.56 Å². The number of hydrogen-bond donors (Lipinski definition) is 1. The van der Waals surface area contributed by atoms with Gasteiger partial charge in [0, 0.05) is 17.0 Å². The number of alkyl halides is 3. The Hall–Kier alpha value is -3.23. The topological polar surface area (TPSA) is 76.5 Å². The summed E-state index contributed by atoms with van der Waals surface area (Å²) < 4.78 is 40.2. The molecule has 4 aromatic rings. The minimum absolute atomic E-state index is 0.100. The van der Waals surface area contributed by atoms with E-state index in [1.54, 1.807) is 12.1 Å². The number of fused-ring (bicyclic) bond motifs is 3. The number of halogens is 3. The van der Waals surface area contributed by atoms with Gasteiger partial charge in [-0.2, -0.15) is 18.3 Å². The van der Waals surface area contributed by atoms with E-state index in [1.807, 2.05) is 0 Å². The zero-order valence-electron chi connectivity index (χ0n) is 11.9. The molecular formula is C15H8F3N5O. The van der Waals surface area contributed by atoms with Crippen molar-refractivity contribution in [2.24, 2.45) is 0 Å². The van der Waals surface area contributed by atoms with Crippen molar-refractivity contribution in [2.75, 3.05) is 0 Å². The summed E-state index contributed by atoms with van der Waals surface area (Å²) in [5.41, 5.74) is -1.22. The Bertz CT molecular complexity index is 1120. The lowest BCUT2D eigenvalue weighted by Gasteiger charge is -2.12. The average Bonchev–Trinajstić information content (AvgIpc) is 3.05. The standard InChI is InChI=1S/C15H8F3N5O/c16-15(17,18)11-4-3-9-10-7-20-22-12(10)14(24)23(13(9)21-11)8-2-1-5-19-6-8/h1-7H,(H,20,22). The maximum absolute atomic E-state index is 13.0. The molecule has 0 saturated heterocycles. The third-order valence-corrected chi connectivity index (χ3v) is 3.63. The first-order valence-electron chi connectivity index (χ1n) is 6.83. The van der Waals surface area contributed by atoms with Crippen LogP contribution in [0, 0.1) is 0 Å². The quantitative estimate of drug-likeness (QED) is 0.582. The SMILES string of the molecule is O=c1c2[nH]ncc2c2ccc(C(F)(F)F)nc2n1-c1cccnc1. The highest BCUT2D eigenvalue weighted by Crippen LogP contribution is 2.30. The van der Waals surface area contributed by atoms with Crippen LogP contribution in [0.25, 0.3) is 27.6 Å². The van der Waals surface area contributed by atoms with Crippen molar-refractivity contribution in [1.29, 1.82) is 0 Å². The Morgan fingerprint density at radius 3 is 2.62 bits per heavy atom. The summed E-state index contributed by atoms with van der Waals surface area (Å²) in [5, 5.41) is 7.19. The number of rotatable bonds is 1. The van der Waals surface area contributed by atoms with Gasteiger partial charge in [0.15, 0.2) is 0 Å². The van der Waals surface area contributed by atoms with Gasteiger partial charge in [0.2, 0.25) is 0 Å². The third-order valence-electron chi connectivity index (χ3n) is 3.63. The number of H-pyrrole nitrogens is 1. The number of aromatic nitrogens is 5.